The van der Waals surface area contributed by atoms with Gasteiger partial charge in [-0.3, -0.25) is 4.79 Å². The number of hydrogen-bond acceptors (Lipinski definition) is 6. The number of nitrogens with one attached hydrogen (secondary N) is 1. The Hall–Kier alpha value is -1.99. The molecule has 2 atom stereocenters. The molecule has 0 aliphatic carbocycles. The lowest BCUT2D eigenvalue weighted by molar-refractivity contribution is -0.137. The van der Waals surface area contributed by atoms with Crippen LogP contribution in [0.2, 0.25) is 5.02 Å². The van der Waals surface area contributed by atoms with E-state index < -0.39 is 57.0 Å². The number of aliphatic imine (C=N–C) groups is 1. The average molecular weight is 528 g/mol. The molecule has 2 aliphatic rings. The maximum absolute atomic E-state index is 13.3. The summed E-state index contributed by atoms with van der Waals surface area (Å²) < 4.78 is 69.1. The minimum atomic E-state index is -4.65. The Bertz CT molecular complexity index is 1100. The summed E-state index contributed by atoms with van der Waals surface area (Å²) in [6.07, 6.45) is -5.49. The number of halogens is 4. The lowest BCUT2D eigenvalue weighted by Crippen LogP contribution is -2.39. The first-order valence-electron chi connectivity index (χ1n) is 9.67. The number of fused-ring (bicyclic) bond motifs is 1. The number of sulfone groups is 1. The SMILES string of the molecule is CC(C)(C)OC(=O)NCC(=O)N=C1S[C@@H]2CS(=O)(=O)C[C@H]2N1c1cc(C(F)(F)F)ccc1Cl. The number of benzene rings is 1. The predicted octanol–water partition coefficient (Wildman–Crippen LogP) is 3.48. The van der Waals surface area contributed by atoms with E-state index in [9.17, 15) is 31.2 Å². The van der Waals surface area contributed by atoms with E-state index in [1.165, 1.54) is 4.90 Å². The normalized spacial score (nSPS) is 23.5. The maximum atomic E-state index is 13.3. The van der Waals surface area contributed by atoms with Crippen LogP contribution in [-0.2, 0) is 25.5 Å². The lowest BCUT2D eigenvalue weighted by Gasteiger charge is -2.26. The van der Waals surface area contributed by atoms with Crippen LogP contribution in [0.1, 0.15) is 26.3 Å². The molecule has 1 aromatic carbocycles. The Morgan fingerprint density at radius 2 is 1.94 bits per heavy atom. The molecule has 1 aromatic rings. The second-order valence-electron chi connectivity index (χ2n) is 8.48. The Labute approximate surface area is 197 Å². The number of amides is 2. The Balaban J connectivity index is 1.90. The van der Waals surface area contributed by atoms with Crippen molar-refractivity contribution in [2.45, 2.75) is 43.8 Å². The van der Waals surface area contributed by atoms with Gasteiger partial charge in [0.25, 0.3) is 5.91 Å². The summed E-state index contributed by atoms with van der Waals surface area (Å²) in [5, 5.41) is 1.68. The number of carbonyl (C=O) groups excluding carboxylic acids is 2. The van der Waals surface area contributed by atoms with Crippen LogP contribution < -0.4 is 10.2 Å². The Morgan fingerprint density at radius 3 is 2.55 bits per heavy atom. The van der Waals surface area contributed by atoms with E-state index in [0.29, 0.717) is 0 Å². The number of rotatable bonds is 3. The summed E-state index contributed by atoms with van der Waals surface area (Å²) >= 11 is 7.15. The molecule has 8 nitrogen and oxygen atoms in total. The number of nitrogens with zero attached hydrogens (tertiary/aromatic N) is 2. The fourth-order valence-electron chi connectivity index (χ4n) is 3.33. The van der Waals surface area contributed by atoms with E-state index in [2.05, 4.69) is 10.3 Å². The molecule has 0 unspecified atom stereocenters. The summed E-state index contributed by atoms with van der Waals surface area (Å²) in [7, 11) is -3.43. The van der Waals surface area contributed by atoms with Gasteiger partial charge in [-0.25, -0.2) is 13.2 Å². The molecule has 2 saturated heterocycles. The minimum absolute atomic E-state index is 0.0112. The van der Waals surface area contributed by atoms with Crippen molar-refractivity contribution in [3.63, 3.8) is 0 Å². The topological polar surface area (TPSA) is 105 Å². The third-order valence-corrected chi connectivity index (χ3v) is 8.13. The largest absolute Gasteiger partial charge is 0.444 e. The summed E-state index contributed by atoms with van der Waals surface area (Å²) in [5.41, 5.74) is -1.86. The fourth-order valence-corrected chi connectivity index (χ4v) is 7.46. The van der Waals surface area contributed by atoms with Gasteiger partial charge in [0.15, 0.2) is 15.0 Å². The molecule has 2 heterocycles. The highest BCUT2D eigenvalue weighted by molar-refractivity contribution is 8.16. The lowest BCUT2D eigenvalue weighted by atomic mass is 10.1. The smallest absolute Gasteiger partial charge is 0.416 e. The Morgan fingerprint density at radius 1 is 1.27 bits per heavy atom. The molecule has 2 aliphatic heterocycles. The van der Waals surface area contributed by atoms with E-state index in [0.717, 1.165) is 30.0 Å². The third kappa shape index (κ3) is 6.33. The molecule has 2 fully saturated rings. The van der Waals surface area contributed by atoms with E-state index in [1.807, 2.05) is 0 Å². The second kappa shape index (κ2) is 8.99. The number of ether oxygens (including phenoxy) is 1. The van der Waals surface area contributed by atoms with Crippen LogP contribution >= 0.6 is 23.4 Å². The zero-order valence-corrected chi connectivity index (χ0v) is 20.2. The van der Waals surface area contributed by atoms with Gasteiger partial charge in [-0.15, -0.1) is 0 Å². The van der Waals surface area contributed by atoms with Gasteiger partial charge in [0.2, 0.25) is 0 Å². The van der Waals surface area contributed by atoms with Crippen LogP contribution in [0.3, 0.4) is 0 Å². The first kappa shape index (κ1) is 25.6. The number of thioether (sulfide) groups is 1. The fraction of sp³-hybridized carbons (Fsp3) is 0.526. The average Bonchev–Trinajstić information content (AvgIpc) is 3.09. The molecule has 1 N–H and O–H groups in total. The molecule has 3 rings (SSSR count). The number of alkyl carbamates (subject to hydrolysis) is 1. The van der Waals surface area contributed by atoms with Gasteiger partial charge in [-0.1, -0.05) is 23.4 Å². The molecule has 14 heteroatoms. The molecule has 0 aromatic heterocycles. The predicted molar refractivity (Wildman–Crippen MR) is 119 cm³/mol. The third-order valence-electron chi connectivity index (χ3n) is 4.60. The van der Waals surface area contributed by atoms with Crippen LogP contribution in [-0.4, -0.2) is 60.5 Å². The number of hydrogen-bond donors (Lipinski definition) is 1. The van der Waals surface area contributed by atoms with Gasteiger partial charge in [0.05, 0.1) is 33.8 Å². The van der Waals surface area contributed by atoms with Crippen molar-refractivity contribution in [1.29, 1.82) is 0 Å². The van der Waals surface area contributed by atoms with Crippen molar-refractivity contribution in [2.24, 2.45) is 4.99 Å². The summed E-state index contributed by atoms with van der Waals surface area (Å²) in [5.74, 6) is -1.32. The van der Waals surface area contributed by atoms with Crippen LogP contribution in [0.4, 0.5) is 23.7 Å². The van der Waals surface area contributed by atoms with Crippen LogP contribution in [0, 0.1) is 0 Å². The number of amidine groups is 1. The van der Waals surface area contributed by atoms with E-state index in [4.69, 9.17) is 16.3 Å². The zero-order valence-electron chi connectivity index (χ0n) is 17.8. The van der Waals surface area contributed by atoms with Crippen molar-refractivity contribution >= 4 is 56.1 Å². The summed E-state index contributed by atoms with van der Waals surface area (Å²) in [6, 6.07) is 1.93. The van der Waals surface area contributed by atoms with Crippen molar-refractivity contribution in [2.75, 3.05) is 23.0 Å². The van der Waals surface area contributed by atoms with E-state index in [1.54, 1.807) is 20.8 Å². The summed E-state index contributed by atoms with van der Waals surface area (Å²) in [6.45, 7) is 4.42. The van der Waals surface area contributed by atoms with E-state index in [-0.39, 0.29) is 27.4 Å². The standard InChI is InChI=1S/C19H21ClF3N3O5S2/c1-18(2,3)31-17(28)24-7-15(27)25-16-26(13-8-33(29,30)9-14(13)32-16)12-6-10(19(21,22)23)4-5-11(12)20/h4-6,13-14H,7-9H2,1-3H3,(H,24,28)/t13-,14-/m1/s1. The second-order valence-corrected chi connectivity index (χ2v) is 12.2. The quantitative estimate of drug-likeness (QED) is 0.641. The number of anilines is 1. The highest BCUT2D eigenvalue weighted by Crippen LogP contribution is 2.44. The van der Waals surface area contributed by atoms with E-state index >= 15 is 0 Å². The first-order chi connectivity index (χ1) is 15.1. The van der Waals surface area contributed by atoms with Crippen molar-refractivity contribution in [3.05, 3.63) is 28.8 Å². The van der Waals surface area contributed by atoms with Crippen LogP contribution in [0.25, 0.3) is 0 Å². The molecule has 0 spiro atoms. The van der Waals surface area contributed by atoms with Crippen molar-refractivity contribution in [3.8, 4) is 0 Å². The molecule has 0 saturated carbocycles. The van der Waals surface area contributed by atoms with Crippen LogP contribution in [0.5, 0.6) is 0 Å². The molecular formula is C19H21ClF3N3O5S2. The molecule has 33 heavy (non-hydrogen) atoms. The monoisotopic (exact) mass is 527 g/mol. The summed E-state index contributed by atoms with van der Waals surface area (Å²) in [4.78, 5) is 29.3. The highest BCUT2D eigenvalue weighted by atomic mass is 35.5. The molecule has 0 bridgehead atoms. The molecule has 182 valence electrons. The van der Waals surface area contributed by atoms with Gasteiger partial charge < -0.3 is 15.0 Å². The number of carbonyl (C=O) groups is 2. The Kier molecular flexibility index (Phi) is 6.98. The maximum Gasteiger partial charge on any atom is 0.416 e. The number of alkyl halides is 3. The van der Waals surface area contributed by atoms with Gasteiger partial charge in [0, 0.05) is 5.25 Å². The van der Waals surface area contributed by atoms with Gasteiger partial charge in [-0.05, 0) is 39.0 Å². The first-order valence-corrected chi connectivity index (χ1v) is 12.7. The van der Waals surface area contributed by atoms with Gasteiger partial charge >= 0.3 is 12.3 Å². The van der Waals surface area contributed by atoms with Crippen LogP contribution in [0.15, 0.2) is 23.2 Å². The zero-order chi connectivity index (χ0) is 24.8. The van der Waals surface area contributed by atoms with Gasteiger partial charge in [-0.2, -0.15) is 18.2 Å². The van der Waals surface area contributed by atoms with Gasteiger partial charge in [0.1, 0.15) is 12.1 Å². The molecule has 2 amide bonds. The minimum Gasteiger partial charge on any atom is -0.444 e. The highest BCUT2D eigenvalue weighted by Gasteiger charge is 2.50. The molecular weight excluding hydrogens is 507 g/mol. The van der Waals surface area contributed by atoms with Crippen molar-refractivity contribution in [1.82, 2.24) is 5.32 Å². The van der Waals surface area contributed by atoms with Crippen molar-refractivity contribution < 1.29 is 35.9 Å². The molecule has 0 radical (unpaired) electrons.